The highest BCUT2D eigenvalue weighted by atomic mass is 35.5. The predicted octanol–water partition coefficient (Wildman–Crippen LogP) is 5.16. The van der Waals surface area contributed by atoms with Crippen LogP contribution in [0.3, 0.4) is 0 Å². The zero-order valence-electron chi connectivity index (χ0n) is 15.4. The van der Waals surface area contributed by atoms with Crippen molar-refractivity contribution in [1.82, 2.24) is 10.2 Å². The van der Waals surface area contributed by atoms with E-state index in [0.717, 1.165) is 16.5 Å². The van der Waals surface area contributed by atoms with Gasteiger partial charge in [0.1, 0.15) is 0 Å². The number of rotatable bonds is 5. The third kappa shape index (κ3) is 6.45. The summed E-state index contributed by atoms with van der Waals surface area (Å²) >= 11 is 13.7. The number of benzene rings is 1. The molecule has 1 unspecified atom stereocenters. The molecule has 0 aromatic heterocycles. The van der Waals surface area contributed by atoms with Gasteiger partial charge in [-0.05, 0) is 30.5 Å². The molecular weight excluding hydrogens is 425 g/mol. The average Bonchev–Trinajstić information content (AvgIpc) is 2.97. The van der Waals surface area contributed by atoms with Gasteiger partial charge in [-0.25, -0.2) is 0 Å². The van der Waals surface area contributed by atoms with Gasteiger partial charge in [0.2, 0.25) is 5.91 Å². The molecule has 1 aliphatic carbocycles. The third-order valence-electron chi connectivity index (χ3n) is 5.02. The maximum atomic E-state index is 12.3. The molecule has 3 rings (SSSR count). The van der Waals surface area contributed by atoms with Crippen molar-refractivity contribution in [2.45, 2.75) is 57.2 Å². The molecule has 0 spiro atoms. The summed E-state index contributed by atoms with van der Waals surface area (Å²) in [6.07, 6.45) is 6.80. The fourth-order valence-corrected chi connectivity index (χ4v) is 4.95. The van der Waals surface area contributed by atoms with E-state index in [2.05, 4.69) is 17.3 Å². The lowest BCUT2D eigenvalue weighted by Crippen LogP contribution is -2.36. The molecule has 1 aliphatic heterocycles. The zero-order valence-corrected chi connectivity index (χ0v) is 18.6. The smallest absolute Gasteiger partial charge is 0.222 e. The molecular formula is C19H26Cl3N3OS. The van der Waals surface area contributed by atoms with Gasteiger partial charge in [0, 0.05) is 31.8 Å². The van der Waals surface area contributed by atoms with Crippen molar-refractivity contribution in [3.8, 4) is 0 Å². The van der Waals surface area contributed by atoms with Crippen LogP contribution in [-0.4, -0.2) is 40.9 Å². The Hall–Kier alpha value is -0.620. The van der Waals surface area contributed by atoms with Crippen molar-refractivity contribution in [3.63, 3.8) is 0 Å². The first-order chi connectivity index (χ1) is 12.5. The highest BCUT2D eigenvalue weighted by Gasteiger charge is 2.29. The SMILES string of the molecule is CN1C(=NC2CCCCC2)SCC1CC(=O)NCc1ccc(Cl)c(Cl)c1.Cl. The second kappa shape index (κ2) is 10.8. The molecule has 8 heteroatoms. The van der Waals surface area contributed by atoms with Gasteiger partial charge in [0.15, 0.2) is 5.17 Å². The Morgan fingerprint density at radius 2 is 2.00 bits per heavy atom. The van der Waals surface area contributed by atoms with Crippen molar-refractivity contribution in [2.24, 2.45) is 4.99 Å². The van der Waals surface area contributed by atoms with E-state index in [4.69, 9.17) is 28.2 Å². The van der Waals surface area contributed by atoms with Crippen LogP contribution in [0, 0.1) is 0 Å². The first-order valence-corrected chi connectivity index (χ1v) is 10.9. The molecule has 0 radical (unpaired) electrons. The molecule has 1 saturated carbocycles. The molecule has 1 aromatic rings. The van der Waals surface area contributed by atoms with Gasteiger partial charge in [-0.2, -0.15) is 0 Å². The quantitative estimate of drug-likeness (QED) is 0.674. The van der Waals surface area contributed by atoms with Gasteiger partial charge in [-0.1, -0.05) is 60.3 Å². The topological polar surface area (TPSA) is 44.7 Å². The lowest BCUT2D eigenvalue weighted by Gasteiger charge is -2.23. The molecule has 1 aromatic carbocycles. The number of thioether (sulfide) groups is 1. The Kier molecular flexibility index (Phi) is 9.06. The Bertz CT molecular complexity index is 680. The van der Waals surface area contributed by atoms with Crippen LogP contribution in [0.15, 0.2) is 23.2 Å². The van der Waals surface area contributed by atoms with Crippen molar-refractivity contribution in [2.75, 3.05) is 12.8 Å². The van der Waals surface area contributed by atoms with Gasteiger partial charge in [-0.15, -0.1) is 12.4 Å². The maximum Gasteiger partial charge on any atom is 0.222 e. The first kappa shape index (κ1) is 22.7. The van der Waals surface area contributed by atoms with Crippen LogP contribution in [0.1, 0.15) is 44.1 Å². The number of hydrogen-bond donors (Lipinski definition) is 1. The van der Waals surface area contributed by atoms with Crippen LogP contribution in [0.25, 0.3) is 0 Å². The average molecular weight is 451 g/mol. The molecule has 2 fully saturated rings. The predicted molar refractivity (Wildman–Crippen MR) is 118 cm³/mol. The summed E-state index contributed by atoms with van der Waals surface area (Å²) < 4.78 is 0. The lowest BCUT2D eigenvalue weighted by atomic mass is 9.96. The second-order valence-electron chi connectivity index (χ2n) is 7.01. The molecule has 1 atom stereocenters. The first-order valence-electron chi connectivity index (χ1n) is 9.17. The van der Waals surface area contributed by atoms with Gasteiger partial charge in [0.05, 0.1) is 16.1 Å². The number of halogens is 3. The molecule has 1 heterocycles. The van der Waals surface area contributed by atoms with Gasteiger partial charge in [-0.3, -0.25) is 9.79 Å². The van der Waals surface area contributed by atoms with E-state index in [1.165, 1.54) is 32.1 Å². The summed E-state index contributed by atoms with van der Waals surface area (Å²) in [7, 11) is 2.05. The second-order valence-corrected chi connectivity index (χ2v) is 8.81. The van der Waals surface area contributed by atoms with Gasteiger partial charge >= 0.3 is 0 Å². The van der Waals surface area contributed by atoms with E-state index in [1.807, 2.05) is 6.07 Å². The largest absolute Gasteiger partial charge is 0.352 e. The summed E-state index contributed by atoms with van der Waals surface area (Å²) in [6.45, 7) is 0.461. The minimum atomic E-state index is 0. The monoisotopic (exact) mass is 449 g/mol. The molecule has 1 saturated heterocycles. The minimum absolute atomic E-state index is 0. The molecule has 0 bridgehead atoms. The van der Waals surface area contributed by atoms with E-state index in [1.54, 1.807) is 23.9 Å². The van der Waals surface area contributed by atoms with Crippen molar-refractivity contribution in [3.05, 3.63) is 33.8 Å². The number of carbonyl (C=O) groups is 1. The molecule has 1 N–H and O–H groups in total. The summed E-state index contributed by atoms with van der Waals surface area (Å²) in [5.74, 6) is 0.967. The number of nitrogens with one attached hydrogen (secondary N) is 1. The number of hydrogen-bond acceptors (Lipinski definition) is 3. The van der Waals surface area contributed by atoms with Crippen LogP contribution in [0.2, 0.25) is 10.0 Å². The van der Waals surface area contributed by atoms with E-state index in [-0.39, 0.29) is 24.4 Å². The third-order valence-corrected chi connectivity index (χ3v) is 6.96. The lowest BCUT2D eigenvalue weighted by molar-refractivity contribution is -0.121. The standard InChI is InChI=1S/C19H25Cl2N3OS.ClH/c1-24-15(12-26-19(24)23-14-5-3-2-4-6-14)10-18(25)22-11-13-7-8-16(20)17(21)9-13;/h7-9,14-15H,2-6,10-12H2,1H3,(H,22,25);1H. The summed E-state index contributed by atoms with van der Waals surface area (Å²) in [4.78, 5) is 19.4. The van der Waals surface area contributed by atoms with Crippen molar-refractivity contribution >= 4 is 58.4 Å². The summed E-state index contributed by atoms with van der Waals surface area (Å²) in [5.41, 5.74) is 0.946. The van der Waals surface area contributed by atoms with E-state index in [0.29, 0.717) is 29.1 Å². The summed E-state index contributed by atoms with van der Waals surface area (Å²) in [5, 5.41) is 5.10. The number of amidine groups is 1. The molecule has 2 aliphatic rings. The highest BCUT2D eigenvalue weighted by molar-refractivity contribution is 8.14. The van der Waals surface area contributed by atoms with Crippen LogP contribution < -0.4 is 5.32 Å². The fraction of sp³-hybridized carbons (Fsp3) is 0.579. The molecule has 1 amide bonds. The summed E-state index contributed by atoms with van der Waals surface area (Å²) in [6, 6.07) is 6.09. The highest BCUT2D eigenvalue weighted by Crippen LogP contribution is 2.28. The number of carbonyl (C=O) groups excluding carboxylic acids is 1. The van der Waals surface area contributed by atoms with E-state index >= 15 is 0 Å². The van der Waals surface area contributed by atoms with E-state index in [9.17, 15) is 4.79 Å². The van der Waals surface area contributed by atoms with Gasteiger partial charge in [0.25, 0.3) is 0 Å². The fourth-order valence-electron chi connectivity index (χ4n) is 3.37. The zero-order chi connectivity index (χ0) is 18.5. The number of amides is 1. The Morgan fingerprint density at radius 3 is 2.70 bits per heavy atom. The Labute approximate surface area is 181 Å². The number of nitrogens with zero attached hydrogens (tertiary/aromatic N) is 2. The molecule has 27 heavy (non-hydrogen) atoms. The normalized spacial score (nSPS) is 22.0. The number of aliphatic imine (C=N–C) groups is 1. The van der Waals surface area contributed by atoms with Gasteiger partial charge < -0.3 is 10.2 Å². The van der Waals surface area contributed by atoms with Crippen LogP contribution in [0.5, 0.6) is 0 Å². The maximum absolute atomic E-state index is 12.3. The molecule has 4 nitrogen and oxygen atoms in total. The van der Waals surface area contributed by atoms with Crippen molar-refractivity contribution < 1.29 is 4.79 Å². The van der Waals surface area contributed by atoms with Crippen LogP contribution >= 0.6 is 47.4 Å². The molecule has 150 valence electrons. The van der Waals surface area contributed by atoms with Crippen LogP contribution in [-0.2, 0) is 11.3 Å². The van der Waals surface area contributed by atoms with E-state index < -0.39 is 0 Å². The minimum Gasteiger partial charge on any atom is -0.352 e. The van der Waals surface area contributed by atoms with Crippen LogP contribution in [0.4, 0.5) is 0 Å². The Morgan fingerprint density at radius 1 is 1.26 bits per heavy atom. The Balaban J connectivity index is 0.00000261. The van der Waals surface area contributed by atoms with Crippen molar-refractivity contribution in [1.29, 1.82) is 0 Å².